The molecule has 2 rings (SSSR count). The molecule has 1 saturated heterocycles. The van der Waals surface area contributed by atoms with E-state index in [1.807, 2.05) is 0 Å². The van der Waals surface area contributed by atoms with Gasteiger partial charge in [-0.25, -0.2) is 0 Å². The van der Waals surface area contributed by atoms with Crippen molar-refractivity contribution in [2.24, 2.45) is 11.7 Å². The first-order chi connectivity index (χ1) is 8.05. The van der Waals surface area contributed by atoms with Crippen molar-refractivity contribution in [1.82, 2.24) is 4.90 Å². The molecule has 2 unspecified atom stereocenters. The number of likely N-dealkylation sites (tertiary alicyclic amines) is 1. The summed E-state index contributed by atoms with van der Waals surface area (Å²) in [4.78, 5) is 2.60. The lowest BCUT2D eigenvalue weighted by molar-refractivity contribution is 0.105. The van der Waals surface area contributed by atoms with Gasteiger partial charge in [0, 0.05) is 18.1 Å². The van der Waals surface area contributed by atoms with Crippen molar-refractivity contribution in [3.8, 4) is 0 Å². The van der Waals surface area contributed by atoms with E-state index in [4.69, 9.17) is 5.73 Å². The lowest BCUT2D eigenvalue weighted by Crippen LogP contribution is -2.45. The maximum atomic E-state index is 5.90. The zero-order chi connectivity index (χ0) is 12.5. The number of nitrogens with two attached hydrogens (primary N) is 1. The predicted molar refractivity (Wildman–Crippen MR) is 72.7 cm³/mol. The molecule has 0 bridgehead atoms. The second-order valence-electron chi connectivity index (χ2n) is 5.78. The minimum atomic E-state index is 0.212. The van der Waals surface area contributed by atoms with E-state index in [0.717, 1.165) is 13.1 Å². The van der Waals surface area contributed by atoms with Gasteiger partial charge in [0.15, 0.2) is 0 Å². The van der Waals surface area contributed by atoms with Gasteiger partial charge < -0.3 is 5.73 Å². The molecule has 1 aliphatic rings. The van der Waals surface area contributed by atoms with Gasteiger partial charge in [-0.2, -0.15) is 0 Å². The first-order valence-electron chi connectivity index (χ1n) is 6.56. The van der Waals surface area contributed by atoms with Gasteiger partial charge in [-0.15, -0.1) is 0 Å². The van der Waals surface area contributed by atoms with Crippen molar-refractivity contribution in [3.05, 3.63) is 35.9 Å². The van der Waals surface area contributed by atoms with Crippen LogP contribution in [0.2, 0.25) is 0 Å². The zero-order valence-corrected chi connectivity index (χ0v) is 11.2. The highest BCUT2D eigenvalue weighted by Crippen LogP contribution is 2.39. The van der Waals surface area contributed by atoms with Crippen molar-refractivity contribution < 1.29 is 0 Å². The van der Waals surface area contributed by atoms with Crippen LogP contribution in [-0.2, 0) is 6.54 Å². The van der Waals surface area contributed by atoms with E-state index in [0.29, 0.717) is 12.0 Å². The molecule has 1 heterocycles. The van der Waals surface area contributed by atoms with Gasteiger partial charge >= 0.3 is 0 Å². The minimum Gasteiger partial charge on any atom is -0.330 e. The normalized spacial score (nSPS) is 28.5. The van der Waals surface area contributed by atoms with Gasteiger partial charge in [0.1, 0.15) is 0 Å². The smallest absolute Gasteiger partial charge is 0.0242 e. The van der Waals surface area contributed by atoms with Crippen molar-refractivity contribution in [1.29, 1.82) is 0 Å². The van der Waals surface area contributed by atoms with E-state index in [1.54, 1.807) is 0 Å². The molecule has 0 amide bonds. The molecular weight excluding hydrogens is 208 g/mol. The van der Waals surface area contributed by atoms with E-state index >= 15 is 0 Å². The van der Waals surface area contributed by atoms with Gasteiger partial charge in [-0.1, -0.05) is 30.3 Å². The standard InChI is InChI=1S/C15H24N2/c1-12-9-14(10-16)15(2,3)17(12)11-13-7-5-4-6-8-13/h4-8,12,14H,9-11,16H2,1-3H3. The molecule has 0 aromatic heterocycles. The van der Waals surface area contributed by atoms with Crippen LogP contribution in [-0.4, -0.2) is 23.0 Å². The average molecular weight is 232 g/mol. The molecule has 17 heavy (non-hydrogen) atoms. The summed E-state index contributed by atoms with van der Waals surface area (Å²) < 4.78 is 0. The minimum absolute atomic E-state index is 0.212. The van der Waals surface area contributed by atoms with Crippen LogP contribution in [0.1, 0.15) is 32.8 Å². The maximum absolute atomic E-state index is 5.90. The van der Waals surface area contributed by atoms with Crippen molar-refractivity contribution in [3.63, 3.8) is 0 Å². The van der Waals surface area contributed by atoms with Crippen LogP contribution in [0.3, 0.4) is 0 Å². The van der Waals surface area contributed by atoms with Crippen molar-refractivity contribution >= 4 is 0 Å². The fourth-order valence-corrected chi connectivity index (χ4v) is 3.15. The Morgan fingerprint density at radius 3 is 2.47 bits per heavy atom. The summed E-state index contributed by atoms with van der Waals surface area (Å²) in [5, 5.41) is 0. The summed E-state index contributed by atoms with van der Waals surface area (Å²) in [6.07, 6.45) is 1.22. The van der Waals surface area contributed by atoms with Crippen molar-refractivity contribution in [2.45, 2.75) is 45.3 Å². The monoisotopic (exact) mass is 232 g/mol. The Morgan fingerprint density at radius 1 is 1.29 bits per heavy atom. The molecule has 2 atom stereocenters. The molecule has 0 aliphatic carbocycles. The van der Waals surface area contributed by atoms with Crippen LogP contribution < -0.4 is 5.73 Å². The van der Waals surface area contributed by atoms with E-state index in [1.165, 1.54) is 12.0 Å². The van der Waals surface area contributed by atoms with Crippen LogP contribution in [0, 0.1) is 5.92 Å². The van der Waals surface area contributed by atoms with Gasteiger partial charge in [0.25, 0.3) is 0 Å². The number of benzene rings is 1. The highest BCUT2D eigenvalue weighted by atomic mass is 15.2. The molecule has 94 valence electrons. The van der Waals surface area contributed by atoms with Crippen LogP contribution >= 0.6 is 0 Å². The average Bonchev–Trinajstić information content (AvgIpc) is 2.53. The van der Waals surface area contributed by atoms with Crippen molar-refractivity contribution in [2.75, 3.05) is 6.54 Å². The summed E-state index contributed by atoms with van der Waals surface area (Å²) in [7, 11) is 0. The Morgan fingerprint density at radius 2 is 1.94 bits per heavy atom. The Hall–Kier alpha value is -0.860. The molecule has 2 N–H and O–H groups in total. The van der Waals surface area contributed by atoms with Gasteiger partial charge in [-0.3, -0.25) is 4.90 Å². The lowest BCUT2D eigenvalue weighted by atomic mass is 9.88. The zero-order valence-electron chi connectivity index (χ0n) is 11.2. The molecule has 2 heteroatoms. The Balaban J connectivity index is 2.15. The summed E-state index contributed by atoms with van der Waals surface area (Å²) in [5.74, 6) is 0.612. The summed E-state index contributed by atoms with van der Waals surface area (Å²) in [5.41, 5.74) is 7.51. The van der Waals surface area contributed by atoms with Gasteiger partial charge in [0.05, 0.1) is 0 Å². The Kier molecular flexibility index (Phi) is 3.55. The van der Waals surface area contributed by atoms with Gasteiger partial charge in [0.2, 0.25) is 0 Å². The van der Waals surface area contributed by atoms with Crippen LogP contribution in [0.15, 0.2) is 30.3 Å². The van der Waals surface area contributed by atoms with Crippen LogP contribution in [0.4, 0.5) is 0 Å². The molecule has 1 fully saturated rings. The molecule has 0 saturated carbocycles. The summed E-state index contributed by atoms with van der Waals surface area (Å²) >= 11 is 0. The molecule has 1 aromatic rings. The second-order valence-corrected chi connectivity index (χ2v) is 5.78. The molecule has 2 nitrogen and oxygen atoms in total. The number of hydrogen-bond donors (Lipinski definition) is 1. The molecule has 1 aliphatic heterocycles. The van der Waals surface area contributed by atoms with E-state index in [-0.39, 0.29) is 5.54 Å². The number of nitrogens with zero attached hydrogens (tertiary/aromatic N) is 1. The fraction of sp³-hybridized carbons (Fsp3) is 0.600. The predicted octanol–water partition coefficient (Wildman–Crippen LogP) is 2.63. The SMILES string of the molecule is CC1CC(CN)C(C)(C)N1Cc1ccccc1. The third-order valence-corrected chi connectivity index (χ3v) is 4.38. The van der Waals surface area contributed by atoms with E-state index in [9.17, 15) is 0 Å². The topological polar surface area (TPSA) is 29.3 Å². The highest BCUT2D eigenvalue weighted by molar-refractivity contribution is 5.16. The van der Waals surface area contributed by atoms with Crippen LogP contribution in [0.25, 0.3) is 0 Å². The fourth-order valence-electron chi connectivity index (χ4n) is 3.15. The Labute approximate surface area is 105 Å². The molecule has 0 radical (unpaired) electrons. The van der Waals surface area contributed by atoms with Gasteiger partial charge in [-0.05, 0) is 45.2 Å². The number of hydrogen-bond acceptors (Lipinski definition) is 2. The van der Waals surface area contributed by atoms with Crippen LogP contribution in [0.5, 0.6) is 0 Å². The third kappa shape index (κ3) is 2.38. The summed E-state index contributed by atoms with van der Waals surface area (Å²) in [6.45, 7) is 8.81. The molecular formula is C15H24N2. The molecule has 0 spiro atoms. The molecule has 1 aromatic carbocycles. The Bertz CT molecular complexity index is 358. The highest BCUT2D eigenvalue weighted by Gasteiger charge is 2.44. The quantitative estimate of drug-likeness (QED) is 0.868. The lowest BCUT2D eigenvalue weighted by Gasteiger charge is -2.37. The first-order valence-corrected chi connectivity index (χ1v) is 6.56. The number of rotatable bonds is 3. The first kappa shape index (κ1) is 12.6. The maximum Gasteiger partial charge on any atom is 0.0242 e. The largest absolute Gasteiger partial charge is 0.330 e. The second kappa shape index (κ2) is 4.79. The van der Waals surface area contributed by atoms with E-state index in [2.05, 4.69) is 56.0 Å². The summed E-state index contributed by atoms with van der Waals surface area (Å²) in [6, 6.07) is 11.3. The van der Waals surface area contributed by atoms with E-state index < -0.39 is 0 Å². The third-order valence-electron chi connectivity index (χ3n) is 4.38.